The van der Waals surface area contributed by atoms with E-state index in [1.165, 1.54) is 45.2 Å². The first kappa shape index (κ1) is 22.2. The Hall–Kier alpha value is -1.53. The number of hydrogen-bond donors (Lipinski definition) is 2. The highest BCUT2D eigenvalue weighted by Gasteiger charge is 2.25. The fraction of sp³-hybridized carbons (Fsp3) is 0.783. The lowest BCUT2D eigenvalue weighted by atomic mass is 9.97. The molecule has 0 bridgehead atoms. The van der Waals surface area contributed by atoms with Gasteiger partial charge in [0.2, 0.25) is 0 Å². The number of nitrogens with one attached hydrogen (secondary N) is 2. The molecule has 6 nitrogen and oxygen atoms in total. The average molecular weight is 404 g/mol. The average Bonchev–Trinajstić information content (AvgIpc) is 3.27. The number of furan rings is 1. The van der Waals surface area contributed by atoms with E-state index in [0.717, 1.165) is 44.4 Å². The molecule has 1 aromatic heterocycles. The lowest BCUT2D eigenvalue weighted by molar-refractivity contribution is 0.141. The van der Waals surface area contributed by atoms with Crippen LogP contribution >= 0.6 is 0 Å². The van der Waals surface area contributed by atoms with Crippen LogP contribution in [0.4, 0.5) is 0 Å². The Morgan fingerprint density at radius 2 is 1.93 bits per heavy atom. The number of nitrogens with zero attached hydrogens (tertiary/aromatic N) is 3. The van der Waals surface area contributed by atoms with Crippen molar-refractivity contribution in [1.29, 1.82) is 0 Å². The minimum absolute atomic E-state index is 0.229. The SMILES string of the molecule is CCNC(=NCC(c1ccco1)N1CCCCC1)NCC1CCCN(C(C)C)C1. The van der Waals surface area contributed by atoms with E-state index in [1.54, 1.807) is 6.26 Å². The zero-order valence-electron chi connectivity index (χ0n) is 18.7. The Labute approximate surface area is 177 Å². The Bertz CT molecular complexity index is 594. The van der Waals surface area contributed by atoms with Crippen molar-refractivity contribution in [2.24, 2.45) is 10.9 Å². The maximum atomic E-state index is 5.77. The van der Waals surface area contributed by atoms with Gasteiger partial charge < -0.3 is 20.0 Å². The Balaban J connectivity index is 1.59. The zero-order valence-corrected chi connectivity index (χ0v) is 18.7. The fourth-order valence-electron chi connectivity index (χ4n) is 4.59. The lowest BCUT2D eigenvalue weighted by Crippen LogP contribution is -2.46. The van der Waals surface area contributed by atoms with Gasteiger partial charge in [-0.15, -0.1) is 0 Å². The molecule has 0 radical (unpaired) electrons. The molecule has 0 aliphatic carbocycles. The normalized spacial score (nSPS) is 23.3. The third-order valence-corrected chi connectivity index (χ3v) is 6.31. The van der Waals surface area contributed by atoms with Crippen molar-refractivity contribution >= 4 is 5.96 Å². The molecule has 1 aromatic rings. The van der Waals surface area contributed by atoms with Crippen LogP contribution < -0.4 is 10.6 Å². The molecular weight excluding hydrogens is 362 g/mol. The molecule has 2 N–H and O–H groups in total. The van der Waals surface area contributed by atoms with Gasteiger partial charge >= 0.3 is 0 Å². The summed E-state index contributed by atoms with van der Waals surface area (Å²) in [6.07, 6.45) is 8.26. The number of guanidine groups is 1. The zero-order chi connectivity index (χ0) is 20.5. The molecule has 29 heavy (non-hydrogen) atoms. The highest BCUT2D eigenvalue weighted by atomic mass is 16.3. The third kappa shape index (κ3) is 6.75. The Morgan fingerprint density at radius 3 is 2.62 bits per heavy atom. The molecule has 3 heterocycles. The monoisotopic (exact) mass is 403 g/mol. The van der Waals surface area contributed by atoms with Crippen molar-refractivity contribution < 1.29 is 4.42 Å². The molecule has 3 rings (SSSR count). The van der Waals surface area contributed by atoms with Crippen LogP contribution in [0.25, 0.3) is 0 Å². The first-order valence-electron chi connectivity index (χ1n) is 11.7. The fourth-order valence-corrected chi connectivity index (χ4v) is 4.59. The molecule has 2 fully saturated rings. The van der Waals surface area contributed by atoms with Crippen LogP contribution in [0.15, 0.2) is 27.8 Å². The van der Waals surface area contributed by atoms with Crippen LogP contribution in [0, 0.1) is 5.92 Å². The standard InChI is InChI=1S/C23H41N5O/c1-4-24-23(25-16-20-10-8-14-28(18-20)19(2)3)26-17-21(22-11-9-15-29-22)27-12-6-5-7-13-27/h9,11,15,19-21H,4-8,10,12-14,16-18H2,1-3H3,(H2,24,25,26). The Morgan fingerprint density at radius 1 is 1.14 bits per heavy atom. The van der Waals surface area contributed by atoms with E-state index in [9.17, 15) is 0 Å². The van der Waals surface area contributed by atoms with Gasteiger partial charge in [-0.2, -0.15) is 0 Å². The second-order valence-electron chi connectivity index (χ2n) is 8.83. The van der Waals surface area contributed by atoms with E-state index in [4.69, 9.17) is 9.41 Å². The maximum Gasteiger partial charge on any atom is 0.191 e. The second kappa shape index (κ2) is 11.6. The van der Waals surface area contributed by atoms with Gasteiger partial charge in [0.1, 0.15) is 5.76 Å². The van der Waals surface area contributed by atoms with Gasteiger partial charge in [0, 0.05) is 25.7 Å². The number of hydrogen-bond acceptors (Lipinski definition) is 4. The molecule has 0 aromatic carbocycles. The molecule has 2 unspecified atom stereocenters. The van der Waals surface area contributed by atoms with Gasteiger partial charge in [-0.05, 0) is 84.1 Å². The number of aliphatic imine (C=N–C) groups is 1. The van der Waals surface area contributed by atoms with Crippen molar-refractivity contribution in [3.05, 3.63) is 24.2 Å². The van der Waals surface area contributed by atoms with Gasteiger partial charge in [-0.25, -0.2) is 0 Å². The summed E-state index contributed by atoms with van der Waals surface area (Å²) in [5, 5.41) is 7.05. The van der Waals surface area contributed by atoms with Crippen molar-refractivity contribution in [3.63, 3.8) is 0 Å². The van der Waals surface area contributed by atoms with Crippen molar-refractivity contribution in [3.8, 4) is 0 Å². The van der Waals surface area contributed by atoms with E-state index < -0.39 is 0 Å². The minimum atomic E-state index is 0.229. The summed E-state index contributed by atoms with van der Waals surface area (Å²) in [4.78, 5) is 10.1. The molecule has 164 valence electrons. The maximum absolute atomic E-state index is 5.77. The lowest BCUT2D eigenvalue weighted by Gasteiger charge is -2.35. The van der Waals surface area contributed by atoms with Gasteiger partial charge in [0.05, 0.1) is 18.8 Å². The Kier molecular flexibility index (Phi) is 8.87. The predicted octanol–water partition coefficient (Wildman–Crippen LogP) is 3.48. The molecule has 6 heteroatoms. The van der Waals surface area contributed by atoms with E-state index in [1.807, 2.05) is 6.07 Å². The van der Waals surface area contributed by atoms with Crippen LogP contribution in [0.2, 0.25) is 0 Å². The van der Waals surface area contributed by atoms with E-state index in [0.29, 0.717) is 12.0 Å². The number of likely N-dealkylation sites (tertiary alicyclic amines) is 2. The highest BCUT2D eigenvalue weighted by Crippen LogP contribution is 2.25. The highest BCUT2D eigenvalue weighted by molar-refractivity contribution is 5.79. The van der Waals surface area contributed by atoms with Crippen LogP contribution in [0.1, 0.15) is 64.7 Å². The van der Waals surface area contributed by atoms with Gasteiger partial charge in [0.25, 0.3) is 0 Å². The predicted molar refractivity (Wildman–Crippen MR) is 120 cm³/mol. The summed E-state index contributed by atoms with van der Waals surface area (Å²) in [7, 11) is 0. The van der Waals surface area contributed by atoms with E-state index >= 15 is 0 Å². The third-order valence-electron chi connectivity index (χ3n) is 6.31. The molecule has 2 atom stereocenters. The summed E-state index contributed by atoms with van der Waals surface area (Å²) >= 11 is 0. The van der Waals surface area contributed by atoms with Crippen molar-refractivity contribution in [2.45, 2.75) is 65.0 Å². The molecule has 0 saturated carbocycles. The quantitative estimate of drug-likeness (QED) is 0.514. The second-order valence-corrected chi connectivity index (χ2v) is 8.83. The van der Waals surface area contributed by atoms with Gasteiger partial charge in [-0.1, -0.05) is 6.42 Å². The van der Waals surface area contributed by atoms with Crippen LogP contribution in [-0.4, -0.2) is 67.6 Å². The molecule has 2 aliphatic rings. The summed E-state index contributed by atoms with van der Waals surface area (Å²) < 4.78 is 5.77. The molecular formula is C23H41N5O. The van der Waals surface area contributed by atoms with Crippen molar-refractivity contribution in [1.82, 2.24) is 20.4 Å². The van der Waals surface area contributed by atoms with E-state index in [2.05, 4.69) is 47.3 Å². The van der Waals surface area contributed by atoms with Crippen LogP contribution in [0.3, 0.4) is 0 Å². The number of rotatable bonds is 8. The molecule has 0 spiro atoms. The summed E-state index contributed by atoms with van der Waals surface area (Å²) in [5.41, 5.74) is 0. The van der Waals surface area contributed by atoms with E-state index in [-0.39, 0.29) is 6.04 Å². The largest absolute Gasteiger partial charge is 0.468 e. The number of piperidine rings is 2. The summed E-state index contributed by atoms with van der Waals surface area (Å²) in [6.45, 7) is 14.0. The first-order valence-corrected chi connectivity index (χ1v) is 11.7. The van der Waals surface area contributed by atoms with Crippen molar-refractivity contribution in [2.75, 3.05) is 45.8 Å². The van der Waals surface area contributed by atoms with Crippen LogP contribution in [-0.2, 0) is 0 Å². The topological polar surface area (TPSA) is 56.0 Å². The molecule has 2 aliphatic heterocycles. The minimum Gasteiger partial charge on any atom is -0.468 e. The smallest absolute Gasteiger partial charge is 0.191 e. The molecule has 2 saturated heterocycles. The first-order chi connectivity index (χ1) is 14.2. The molecule has 0 amide bonds. The summed E-state index contributed by atoms with van der Waals surface area (Å²) in [6, 6.07) is 4.95. The van der Waals surface area contributed by atoms with Gasteiger partial charge in [0.15, 0.2) is 5.96 Å². The summed E-state index contributed by atoms with van der Waals surface area (Å²) in [5.74, 6) is 2.66. The van der Waals surface area contributed by atoms with Crippen LogP contribution in [0.5, 0.6) is 0 Å². The van der Waals surface area contributed by atoms with Gasteiger partial charge in [-0.3, -0.25) is 9.89 Å².